The molecule has 4 aliphatic rings. The van der Waals surface area contributed by atoms with Crippen molar-refractivity contribution in [2.45, 2.75) is 26.2 Å². The number of piperidine rings is 1. The molecule has 1 saturated heterocycles. The average Bonchev–Trinajstić information content (AvgIpc) is 2.27. The quantitative estimate of drug-likeness (QED) is 0.686. The molecule has 17 heavy (non-hydrogen) atoms. The van der Waals surface area contributed by atoms with Gasteiger partial charge in [0.05, 0.1) is 12.5 Å². The molecule has 1 aliphatic heterocycles. The fraction of sp³-hybridized carbons (Fsp3) is 0.929. The van der Waals surface area contributed by atoms with E-state index in [1.54, 1.807) is 0 Å². The van der Waals surface area contributed by atoms with E-state index in [1.165, 1.54) is 25.9 Å². The molecule has 0 aromatic carbocycles. The van der Waals surface area contributed by atoms with Crippen LogP contribution in [0, 0.1) is 29.6 Å². The largest absolute Gasteiger partial charge is 0.466 e. The maximum atomic E-state index is 12.1. The topological polar surface area (TPSA) is 29.5 Å². The molecule has 0 amide bonds. The molecule has 96 valence electrons. The molecule has 0 radical (unpaired) electrons. The Balaban J connectivity index is 1.79. The van der Waals surface area contributed by atoms with Crippen molar-refractivity contribution in [3.8, 4) is 0 Å². The minimum atomic E-state index is 0.0847. The Hall–Kier alpha value is -0.570. The summed E-state index contributed by atoms with van der Waals surface area (Å²) in [5.74, 6) is 3.21. The summed E-state index contributed by atoms with van der Waals surface area (Å²) in [5, 5.41) is 0. The van der Waals surface area contributed by atoms with E-state index in [0.29, 0.717) is 12.5 Å². The van der Waals surface area contributed by atoms with E-state index in [1.807, 2.05) is 6.92 Å². The summed E-state index contributed by atoms with van der Waals surface area (Å²) < 4.78 is 5.27. The van der Waals surface area contributed by atoms with Gasteiger partial charge in [-0.2, -0.15) is 0 Å². The van der Waals surface area contributed by atoms with Crippen molar-refractivity contribution < 1.29 is 9.53 Å². The van der Waals surface area contributed by atoms with Gasteiger partial charge in [0.1, 0.15) is 0 Å². The number of fused-ring (bicyclic) bond motifs is 1. The fourth-order valence-electron chi connectivity index (χ4n) is 4.79. The van der Waals surface area contributed by atoms with Crippen LogP contribution in [0.5, 0.6) is 0 Å². The van der Waals surface area contributed by atoms with Crippen molar-refractivity contribution in [2.75, 3.05) is 26.7 Å². The number of carbonyl (C=O) groups is 1. The van der Waals surface area contributed by atoms with Crippen LogP contribution in [0.25, 0.3) is 0 Å². The molecule has 3 nitrogen and oxygen atoms in total. The minimum Gasteiger partial charge on any atom is -0.466 e. The molecule has 3 aliphatic carbocycles. The predicted octanol–water partition coefficient (Wildman–Crippen LogP) is 1.77. The zero-order valence-electron chi connectivity index (χ0n) is 10.9. The molecular formula is C14H23NO2. The normalized spacial score (nSPS) is 44.7. The van der Waals surface area contributed by atoms with Crippen LogP contribution < -0.4 is 0 Å². The van der Waals surface area contributed by atoms with Crippen molar-refractivity contribution in [3.05, 3.63) is 0 Å². The van der Waals surface area contributed by atoms with E-state index >= 15 is 0 Å². The number of hydrogen-bond acceptors (Lipinski definition) is 3. The Morgan fingerprint density at radius 3 is 2.47 bits per heavy atom. The number of ether oxygens (including phenoxy) is 1. The molecule has 0 N–H and O–H groups in total. The van der Waals surface area contributed by atoms with Gasteiger partial charge in [0, 0.05) is 13.1 Å². The van der Waals surface area contributed by atoms with Crippen LogP contribution in [0.3, 0.4) is 0 Å². The van der Waals surface area contributed by atoms with Gasteiger partial charge in [0.2, 0.25) is 0 Å². The van der Waals surface area contributed by atoms with Gasteiger partial charge in [0.25, 0.3) is 0 Å². The molecule has 3 saturated carbocycles. The first-order chi connectivity index (χ1) is 8.19. The lowest BCUT2D eigenvalue weighted by Gasteiger charge is -2.56. The SMILES string of the molecule is CCOC(=O)C1CC2CC3CN(C)CC(C2)C31. The Morgan fingerprint density at radius 1 is 1.24 bits per heavy atom. The van der Waals surface area contributed by atoms with Gasteiger partial charge in [-0.3, -0.25) is 4.79 Å². The number of hydrogen-bond donors (Lipinski definition) is 0. The van der Waals surface area contributed by atoms with Crippen LogP contribution in [0.4, 0.5) is 0 Å². The van der Waals surface area contributed by atoms with Crippen LogP contribution in [0.2, 0.25) is 0 Å². The highest BCUT2D eigenvalue weighted by Crippen LogP contribution is 2.54. The summed E-state index contributed by atoms with van der Waals surface area (Å²) >= 11 is 0. The first-order valence-electron chi connectivity index (χ1n) is 7.04. The van der Waals surface area contributed by atoms with Gasteiger partial charge in [-0.1, -0.05) is 0 Å². The third-order valence-corrected chi connectivity index (χ3v) is 5.09. The predicted molar refractivity (Wildman–Crippen MR) is 65.4 cm³/mol. The number of carbonyl (C=O) groups excluding carboxylic acids is 1. The van der Waals surface area contributed by atoms with Gasteiger partial charge in [0.15, 0.2) is 0 Å². The number of nitrogens with zero attached hydrogens (tertiary/aromatic N) is 1. The van der Waals surface area contributed by atoms with E-state index < -0.39 is 0 Å². The molecule has 0 spiro atoms. The molecule has 3 atom stereocenters. The highest BCUT2D eigenvalue weighted by Gasteiger charge is 2.52. The fourth-order valence-corrected chi connectivity index (χ4v) is 4.79. The number of rotatable bonds is 2. The van der Waals surface area contributed by atoms with Crippen LogP contribution in [-0.2, 0) is 9.53 Å². The maximum absolute atomic E-state index is 12.1. The zero-order chi connectivity index (χ0) is 12.0. The number of likely N-dealkylation sites (tertiary alicyclic amines) is 1. The summed E-state index contributed by atoms with van der Waals surface area (Å²) in [6, 6.07) is 0. The maximum Gasteiger partial charge on any atom is 0.309 e. The molecule has 0 aromatic rings. The summed E-state index contributed by atoms with van der Waals surface area (Å²) in [7, 11) is 2.22. The summed E-state index contributed by atoms with van der Waals surface area (Å²) in [6.07, 6.45) is 3.79. The summed E-state index contributed by atoms with van der Waals surface area (Å²) in [5.41, 5.74) is 0. The molecule has 0 aromatic heterocycles. The van der Waals surface area contributed by atoms with Gasteiger partial charge < -0.3 is 9.64 Å². The van der Waals surface area contributed by atoms with E-state index in [9.17, 15) is 4.79 Å². The van der Waals surface area contributed by atoms with Crippen molar-refractivity contribution in [3.63, 3.8) is 0 Å². The Morgan fingerprint density at radius 2 is 1.88 bits per heavy atom. The Bertz CT molecular complexity index is 297. The van der Waals surface area contributed by atoms with Crippen LogP contribution in [-0.4, -0.2) is 37.6 Å². The third-order valence-electron chi connectivity index (χ3n) is 5.09. The van der Waals surface area contributed by atoms with Gasteiger partial charge in [-0.05, 0) is 56.9 Å². The molecule has 3 unspecified atom stereocenters. The first-order valence-corrected chi connectivity index (χ1v) is 7.04. The van der Waals surface area contributed by atoms with Crippen LogP contribution in [0.15, 0.2) is 0 Å². The Kier molecular flexibility index (Phi) is 2.89. The lowest BCUT2D eigenvalue weighted by molar-refractivity contribution is -0.163. The van der Waals surface area contributed by atoms with E-state index in [2.05, 4.69) is 11.9 Å². The van der Waals surface area contributed by atoms with Crippen molar-refractivity contribution in [2.24, 2.45) is 29.6 Å². The molecule has 3 heteroatoms. The molecule has 1 heterocycles. The van der Waals surface area contributed by atoms with Crippen molar-refractivity contribution in [1.82, 2.24) is 4.90 Å². The minimum absolute atomic E-state index is 0.0847. The monoisotopic (exact) mass is 237 g/mol. The smallest absolute Gasteiger partial charge is 0.309 e. The lowest BCUT2D eigenvalue weighted by Crippen LogP contribution is -2.56. The van der Waals surface area contributed by atoms with Gasteiger partial charge in [-0.25, -0.2) is 0 Å². The second-order valence-corrected chi connectivity index (χ2v) is 6.25. The van der Waals surface area contributed by atoms with Crippen molar-refractivity contribution >= 4 is 5.97 Å². The first kappa shape index (κ1) is 11.5. The number of esters is 1. The summed E-state index contributed by atoms with van der Waals surface area (Å²) in [4.78, 5) is 14.5. The van der Waals surface area contributed by atoms with Gasteiger partial charge in [-0.15, -0.1) is 0 Å². The second-order valence-electron chi connectivity index (χ2n) is 6.25. The van der Waals surface area contributed by atoms with E-state index in [-0.39, 0.29) is 11.9 Å². The van der Waals surface area contributed by atoms with E-state index in [4.69, 9.17) is 4.74 Å². The van der Waals surface area contributed by atoms with Crippen LogP contribution >= 0.6 is 0 Å². The molecule has 4 rings (SSSR count). The summed E-state index contributed by atoms with van der Waals surface area (Å²) in [6.45, 7) is 4.82. The Labute approximate surface area is 104 Å². The standard InChI is InChI=1S/C14H23NO2/c1-3-17-14(16)12-6-9-4-10-7-15(2)8-11(5-9)13(10)12/h9-13H,3-8H2,1-2H3. The zero-order valence-corrected chi connectivity index (χ0v) is 10.9. The highest BCUT2D eigenvalue weighted by molar-refractivity contribution is 5.73. The van der Waals surface area contributed by atoms with Crippen molar-refractivity contribution in [1.29, 1.82) is 0 Å². The van der Waals surface area contributed by atoms with E-state index in [0.717, 1.165) is 24.2 Å². The lowest BCUT2D eigenvalue weighted by atomic mass is 9.53. The molecule has 4 bridgehead atoms. The average molecular weight is 237 g/mol. The molecular weight excluding hydrogens is 214 g/mol. The second kappa shape index (κ2) is 4.27. The third kappa shape index (κ3) is 1.88. The van der Waals surface area contributed by atoms with Crippen LogP contribution in [0.1, 0.15) is 26.2 Å². The molecule has 4 fully saturated rings. The van der Waals surface area contributed by atoms with Gasteiger partial charge >= 0.3 is 5.97 Å². The highest BCUT2D eigenvalue weighted by atomic mass is 16.5.